The van der Waals surface area contributed by atoms with Crippen molar-refractivity contribution in [2.75, 3.05) is 0 Å². The molecule has 0 saturated heterocycles. The number of carbonyl (C=O) groups excluding carboxylic acids is 1. The average molecular weight is 319 g/mol. The van der Waals surface area contributed by atoms with Gasteiger partial charge in [-0.2, -0.15) is 0 Å². The summed E-state index contributed by atoms with van der Waals surface area (Å²) in [6.07, 6.45) is -0.160. The van der Waals surface area contributed by atoms with E-state index >= 15 is 0 Å². The fourth-order valence-electron chi connectivity index (χ4n) is 2.43. The molecule has 0 bridgehead atoms. The minimum absolute atomic E-state index is 0.0513. The highest BCUT2D eigenvalue weighted by molar-refractivity contribution is 6.06. The SMILES string of the molecule is Cc1cc(C(=O)NC(C)(CC(=O)O)C(C)C)c2c(C)noc2n1. The second-order valence-corrected chi connectivity index (χ2v) is 6.36. The Morgan fingerprint density at radius 1 is 1.39 bits per heavy atom. The minimum Gasteiger partial charge on any atom is -0.481 e. The predicted molar refractivity (Wildman–Crippen MR) is 84.2 cm³/mol. The van der Waals surface area contributed by atoms with Crippen molar-refractivity contribution >= 4 is 23.0 Å². The summed E-state index contributed by atoms with van der Waals surface area (Å²) in [6.45, 7) is 8.98. The van der Waals surface area contributed by atoms with Gasteiger partial charge in [0, 0.05) is 5.69 Å². The van der Waals surface area contributed by atoms with Gasteiger partial charge in [0.2, 0.25) is 0 Å². The molecule has 0 aliphatic rings. The Hall–Kier alpha value is -2.44. The molecule has 2 aromatic heterocycles. The van der Waals surface area contributed by atoms with Crippen LogP contribution < -0.4 is 5.32 Å². The van der Waals surface area contributed by atoms with Crippen LogP contribution in [0.1, 0.15) is 48.9 Å². The van der Waals surface area contributed by atoms with Gasteiger partial charge in [0.15, 0.2) is 0 Å². The highest BCUT2D eigenvalue weighted by Gasteiger charge is 2.34. The van der Waals surface area contributed by atoms with E-state index in [-0.39, 0.29) is 18.2 Å². The second kappa shape index (κ2) is 5.98. The summed E-state index contributed by atoms with van der Waals surface area (Å²) < 4.78 is 5.13. The number of pyridine rings is 1. The van der Waals surface area contributed by atoms with E-state index in [0.717, 1.165) is 0 Å². The Morgan fingerprint density at radius 2 is 2.04 bits per heavy atom. The zero-order chi connectivity index (χ0) is 17.4. The van der Waals surface area contributed by atoms with Crippen molar-refractivity contribution < 1.29 is 19.2 Å². The van der Waals surface area contributed by atoms with Crippen molar-refractivity contribution in [3.05, 3.63) is 23.0 Å². The van der Waals surface area contributed by atoms with Crippen LogP contribution in [0.5, 0.6) is 0 Å². The van der Waals surface area contributed by atoms with Crippen LogP contribution in [0.3, 0.4) is 0 Å². The molecule has 1 atom stereocenters. The van der Waals surface area contributed by atoms with Gasteiger partial charge in [-0.05, 0) is 32.8 Å². The number of nitrogens with zero attached hydrogens (tertiary/aromatic N) is 2. The zero-order valence-electron chi connectivity index (χ0n) is 13.9. The average Bonchev–Trinajstić information content (AvgIpc) is 2.78. The molecule has 0 saturated carbocycles. The number of carboxylic acids is 1. The molecule has 7 heteroatoms. The van der Waals surface area contributed by atoms with E-state index in [1.807, 2.05) is 13.8 Å². The molecule has 2 heterocycles. The third-order valence-electron chi connectivity index (χ3n) is 4.18. The Balaban J connectivity index is 2.44. The molecule has 0 aromatic carbocycles. The van der Waals surface area contributed by atoms with Gasteiger partial charge in [0.25, 0.3) is 11.6 Å². The van der Waals surface area contributed by atoms with E-state index in [4.69, 9.17) is 9.63 Å². The number of aliphatic carboxylic acids is 1. The van der Waals surface area contributed by atoms with Gasteiger partial charge >= 0.3 is 5.97 Å². The highest BCUT2D eigenvalue weighted by Crippen LogP contribution is 2.25. The molecule has 7 nitrogen and oxygen atoms in total. The maximum Gasteiger partial charge on any atom is 0.305 e. The van der Waals surface area contributed by atoms with Crippen LogP contribution in [0.2, 0.25) is 0 Å². The van der Waals surface area contributed by atoms with E-state index in [2.05, 4.69) is 15.5 Å². The normalized spacial score (nSPS) is 14.0. The number of nitrogens with one attached hydrogen (secondary N) is 1. The molecule has 2 aromatic rings. The first-order valence-electron chi connectivity index (χ1n) is 7.42. The lowest BCUT2D eigenvalue weighted by atomic mass is 9.85. The van der Waals surface area contributed by atoms with Gasteiger partial charge in [-0.3, -0.25) is 9.59 Å². The Morgan fingerprint density at radius 3 is 2.61 bits per heavy atom. The smallest absolute Gasteiger partial charge is 0.305 e. The molecular weight excluding hydrogens is 298 g/mol. The van der Waals surface area contributed by atoms with Crippen LogP contribution in [0.25, 0.3) is 11.1 Å². The summed E-state index contributed by atoms with van der Waals surface area (Å²) in [5.74, 6) is -1.37. The predicted octanol–water partition coefficient (Wildman–Crippen LogP) is 2.46. The maximum absolute atomic E-state index is 12.8. The molecule has 1 unspecified atom stereocenters. The van der Waals surface area contributed by atoms with Crippen molar-refractivity contribution in [2.24, 2.45) is 5.92 Å². The van der Waals surface area contributed by atoms with Gasteiger partial charge in [-0.15, -0.1) is 0 Å². The molecule has 2 N–H and O–H groups in total. The van der Waals surface area contributed by atoms with Crippen LogP contribution >= 0.6 is 0 Å². The van der Waals surface area contributed by atoms with Crippen LogP contribution in [0, 0.1) is 19.8 Å². The van der Waals surface area contributed by atoms with E-state index in [1.54, 1.807) is 26.8 Å². The van der Waals surface area contributed by atoms with Crippen LogP contribution in [0.15, 0.2) is 10.6 Å². The molecule has 0 aliphatic heterocycles. The minimum atomic E-state index is -0.960. The van der Waals surface area contributed by atoms with E-state index in [0.29, 0.717) is 28.1 Å². The van der Waals surface area contributed by atoms with Crippen molar-refractivity contribution in [1.82, 2.24) is 15.5 Å². The monoisotopic (exact) mass is 319 g/mol. The van der Waals surface area contributed by atoms with Gasteiger partial charge in [0.05, 0.1) is 28.6 Å². The van der Waals surface area contributed by atoms with Crippen molar-refractivity contribution in [3.8, 4) is 0 Å². The molecule has 1 amide bonds. The van der Waals surface area contributed by atoms with Crippen molar-refractivity contribution in [2.45, 2.75) is 46.6 Å². The topological polar surface area (TPSA) is 105 Å². The molecule has 0 aliphatic carbocycles. The summed E-state index contributed by atoms with van der Waals surface area (Å²) in [7, 11) is 0. The zero-order valence-corrected chi connectivity index (χ0v) is 13.9. The van der Waals surface area contributed by atoms with Gasteiger partial charge in [-0.25, -0.2) is 4.98 Å². The third-order valence-corrected chi connectivity index (χ3v) is 4.18. The van der Waals surface area contributed by atoms with Gasteiger partial charge in [0.1, 0.15) is 0 Å². The summed E-state index contributed by atoms with van der Waals surface area (Å²) in [6, 6.07) is 1.66. The Bertz CT molecular complexity index is 766. The molecule has 0 radical (unpaired) electrons. The first-order valence-corrected chi connectivity index (χ1v) is 7.42. The molecule has 2 rings (SSSR count). The highest BCUT2D eigenvalue weighted by atomic mass is 16.5. The first kappa shape index (κ1) is 16.9. The Labute approximate surface area is 134 Å². The first-order chi connectivity index (χ1) is 10.6. The number of hydrogen-bond acceptors (Lipinski definition) is 5. The molecular formula is C16H21N3O4. The largest absolute Gasteiger partial charge is 0.481 e. The quantitative estimate of drug-likeness (QED) is 0.877. The summed E-state index contributed by atoms with van der Waals surface area (Å²) in [5, 5.41) is 16.4. The van der Waals surface area contributed by atoms with Crippen LogP contribution in [-0.2, 0) is 4.79 Å². The summed E-state index contributed by atoms with van der Waals surface area (Å²) >= 11 is 0. The van der Waals surface area contributed by atoms with Crippen molar-refractivity contribution in [1.29, 1.82) is 0 Å². The summed E-state index contributed by atoms with van der Waals surface area (Å²) in [5.41, 5.74) is 1.03. The number of amides is 1. The number of hydrogen-bond donors (Lipinski definition) is 2. The standard InChI is InChI=1S/C16H21N3O4/c1-8(2)16(5,7-12(20)21)18-14(22)11-6-9(3)17-15-13(11)10(4)19-23-15/h6,8H,7H2,1-5H3,(H,18,22)(H,20,21). The van der Waals surface area contributed by atoms with E-state index in [1.165, 1.54) is 0 Å². The van der Waals surface area contributed by atoms with Crippen LogP contribution in [-0.4, -0.2) is 32.7 Å². The van der Waals surface area contributed by atoms with Gasteiger partial charge < -0.3 is 14.9 Å². The lowest BCUT2D eigenvalue weighted by Crippen LogP contribution is -2.51. The maximum atomic E-state index is 12.8. The van der Waals surface area contributed by atoms with Gasteiger partial charge in [-0.1, -0.05) is 19.0 Å². The molecule has 23 heavy (non-hydrogen) atoms. The number of aromatic nitrogens is 2. The fourth-order valence-corrected chi connectivity index (χ4v) is 2.43. The van der Waals surface area contributed by atoms with Crippen molar-refractivity contribution in [3.63, 3.8) is 0 Å². The number of fused-ring (bicyclic) bond motifs is 1. The number of rotatable bonds is 5. The van der Waals surface area contributed by atoms with Crippen LogP contribution in [0.4, 0.5) is 0 Å². The number of aryl methyl sites for hydroxylation is 2. The lowest BCUT2D eigenvalue weighted by Gasteiger charge is -2.33. The Kier molecular flexibility index (Phi) is 4.40. The fraction of sp³-hybridized carbons (Fsp3) is 0.500. The molecule has 0 fully saturated rings. The second-order valence-electron chi connectivity index (χ2n) is 6.36. The lowest BCUT2D eigenvalue weighted by molar-refractivity contribution is -0.138. The summed E-state index contributed by atoms with van der Waals surface area (Å²) in [4.78, 5) is 28.1. The van der Waals surface area contributed by atoms with E-state index in [9.17, 15) is 9.59 Å². The molecule has 124 valence electrons. The number of carboxylic acid groups (broad SMARTS) is 1. The number of carbonyl (C=O) groups is 2. The van der Waals surface area contributed by atoms with E-state index < -0.39 is 11.5 Å². The third kappa shape index (κ3) is 3.33. The molecule has 0 spiro atoms.